The minimum Gasteiger partial charge on any atom is -0.277 e. The normalized spacial score (nSPS) is 11.1. The molecule has 5 heteroatoms. The number of halogens is 3. The maximum absolute atomic E-state index is 14.1. The summed E-state index contributed by atoms with van der Waals surface area (Å²) in [5.41, 5.74) is 3.55. The van der Waals surface area contributed by atoms with Crippen LogP contribution in [0.1, 0.15) is 22.4 Å². The fraction of sp³-hybridized carbons (Fsp3) is 0.0455. The van der Waals surface area contributed by atoms with Crippen molar-refractivity contribution in [1.29, 1.82) is 0 Å². The van der Waals surface area contributed by atoms with Crippen molar-refractivity contribution in [1.82, 2.24) is 10.2 Å². The molecular weight excluding hydrogens is 349 g/mol. The molecule has 3 aromatic carbocycles. The number of nitrogens with one attached hydrogen (secondary N) is 1. The third-order valence-corrected chi connectivity index (χ3v) is 4.44. The van der Waals surface area contributed by atoms with Crippen molar-refractivity contribution < 1.29 is 13.2 Å². The molecule has 2 nitrogen and oxygen atoms in total. The van der Waals surface area contributed by atoms with E-state index in [-0.39, 0.29) is 5.82 Å². The van der Waals surface area contributed by atoms with Crippen LogP contribution in [0.15, 0.2) is 67.2 Å². The Morgan fingerprint density at radius 3 is 2.37 bits per heavy atom. The first kappa shape index (κ1) is 17.1. The highest BCUT2D eigenvalue weighted by Gasteiger charge is 2.14. The van der Waals surface area contributed by atoms with Crippen molar-refractivity contribution in [3.05, 3.63) is 107 Å². The Bertz CT molecular complexity index is 1140. The second-order valence-corrected chi connectivity index (χ2v) is 6.37. The number of rotatable bonds is 4. The standard InChI is InChI=1S/C22H15F3N2/c1-13(18-4-2-3-5-20(18)25)22-19-11-14(6-7-21(19)26-27-22)8-15-9-16(23)12-17(24)10-15/h2-7,9-12H,1,8H2,(H,26,27). The van der Waals surface area contributed by atoms with E-state index in [0.29, 0.717) is 28.8 Å². The number of fused-ring (bicyclic) bond motifs is 1. The Morgan fingerprint density at radius 2 is 1.63 bits per heavy atom. The molecule has 0 amide bonds. The van der Waals surface area contributed by atoms with E-state index < -0.39 is 11.6 Å². The second kappa shape index (κ2) is 6.76. The van der Waals surface area contributed by atoms with Gasteiger partial charge in [-0.05, 0) is 47.9 Å². The van der Waals surface area contributed by atoms with Crippen LogP contribution in [0.4, 0.5) is 13.2 Å². The summed E-state index contributed by atoms with van der Waals surface area (Å²) in [4.78, 5) is 0. The molecule has 1 heterocycles. The molecule has 134 valence electrons. The van der Waals surface area contributed by atoms with Crippen molar-refractivity contribution >= 4 is 16.5 Å². The van der Waals surface area contributed by atoms with Gasteiger partial charge in [0, 0.05) is 22.6 Å². The van der Waals surface area contributed by atoms with E-state index in [0.717, 1.165) is 22.5 Å². The minimum atomic E-state index is -0.608. The molecular formula is C22H15F3N2. The topological polar surface area (TPSA) is 28.7 Å². The number of H-pyrrole nitrogens is 1. The van der Waals surface area contributed by atoms with E-state index in [4.69, 9.17) is 0 Å². The molecule has 0 fully saturated rings. The molecule has 1 aromatic heterocycles. The molecule has 27 heavy (non-hydrogen) atoms. The van der Waals surface area contributed by atoms with E-state index in [1.165, 1.54) is 18.2 Å². The quantitative estimate of drug-likeness (QED) is 0.499. The van der Waals surface area contributed by atoms with Gasteiger partial charge in [-0.25, -0.2) is 13.2 Å². The average Bonchev–Trinajstić information content (AvgIpc) is 3.04. The van der Waals surface area contributed by atoms with Crippen molar-refractivity contribution in [2.24, 2.45) is 0 Å². The molecule has 0 radical (unpaired) electrons. The van der Waals surface area contributed by atoms with Crippen molar-refractivity contribution in [2.75, 3.05) is 0 Å². The minimum absolute atomic E-state index is 0.363. The van der Waals surface area contributed by atoms with Gasteiger partial charge in [0.2, 0.25) is 0 Å². The molecule has 0 spiro atoms. The van der Waals surface area contributed by atoms with Crippen LogP contribution in [0.5, 0.6) is 0 Å². The van der Waals surface area contributed by atoms with Crippen LogP contribution in [0.25, 0.3) is 16.5 Å². The predicted octanol–water partition coefficient (Wildman–Crippen LogP) is 5.63. The summed E-state index contributed by atoms with van der Waals surface area (Å²) in [5.74, 6) is -1.59. The van der Waals surface area contributed by atoms with Gasteiger partial charge in [-0.15, -0.1) is 0 Å². The first-order valence-electron chi connectivity index (χ1n) is 8.37. The Morgan fingerprint density at radius 1 is 0.889 bits per heavy atom. The third-order valence-electron chi connectivity index (χ3n) is 4.44. The van der Waals surface area contributed by atoms with Gasteiger partial charge in [-0.3, -0.25) is 5.10 Å². The van der Waals surface area contributed by atoms with Crippen LogP contribution in [-0.4, -0.2) is 10.2 Å². The van der Waals surface area contributed by atoms with Crippen molar-refractivity contribution in [3.8, 4) is 0 Å². The van der Waals surface area contributed by atoms with Crippen molar-refractivity contribution in [2.45, 2.75) is 6.42 Å². The van der Waals surface area contributed by atoms with Crippen LogP contribution in [0.3, 0.4) is 0 Å². The summed E-state index contributed by atoms with van der Waals surface area (Å²) in [6, 6.07) is 15.4. The summed E-state index contributed by atoms with van der Waals surface area (Å²) in [7, 11) is 0. The lowest BCUT2D eigenvalue weighted by molar-refractivity contribution is 0.580. The average molecular weight is 364 g/mol. The van der Waals surface area contributed by atoms with Gasteiger partial charge in [0.25, 0.3) is 0 Å². The molecule has 0 unspecified atom stereocenters. The molecule has 4 rings (SSSR count). The number of aromatic nitrogens is 2. The molecule has 0 saturated carbocycles. The molecule has 4 aromatic rings. The van der Waals surface area contributed by atoms with E-state index in [9.17, 15) is 13.2 Å². The highest BCUT2D eigenvalue weighted by molar-refractivity contribution is 5.94. The zero-order valence-corrected chi connectivity index (χ0v) is 14.3. The number of nitrogens with zero attached hydrogens (tertiary/aromatic N) is 1. The molecule has 0 aliphatic rings. The molecule has 0 bridgehead atoms. The molecule has 0 atom stereocenters. The highest BCUT2D eigenvalue weighted by atomic mass is 19.1. The lowest BCUT2D eigenvalue weighted by Crippen LogP contribution is -1.93. The number of hydrogen-bond donors (Lipinski definition) is 1. The van der Waals surface area contributed by atoms with E-state index in [1.54, 1.807) is 18.2 Å². The maximum Gasteiger partial charge on any atom is 0.131 e. The van der Waals surface area contributed by atoms with Gasteiger partial charge in [-0.1, -0.05) is 30.8 Å². The fourth-order valence-electron chi connectivity index (χ4n) is 3.18. The van der Waals surface area contributed by atoms with E-state index >= 15 is 0 Å². The largest absolute Gasteiger partial charge is 0.277 e. The Labute approximate surface area is 154 Å². The number of aromatic amines is 1. The lowest BCUT2D eigenvalue weighted by Gasteiger charge is -2.06. The van der Waals surface area contributed by atoms with E-state index in [1.807, 2.05) is 18.2 Å². The zero-order chi connectivity index (χ0) is 19.0. The van der Waals surface area contributed by atoms with Gasteiger partial charge >= 0.3 is 0 Å². The summed E-state index contributed by atoms with van der Waals surface area (Å²) < 4.78 is 41.0. The summed E-state index contributed by atoms with van der Waals surface area (Å²) in [6.07, 6.45) is 0.363. The van der Waals surface area contributed by atoms with Gasteiger partial charge in [0.1, 0.15) is 23.1 Å². The van der Waals surface area contributed by atoms with Crippen LogP contribution >= 0.6 is 0 Å². The number of hydrogen-bond acceptors (Lipinski definition) is 1. The van der Waals surface area contributed by atoms with Crippen LogP contribution in [-0.2, 0) is 6.42 Å². The van der Waals surface area contributed by atoms with Crippen LogP contribution in [0.2, 0.25) is 0 Å². The zero-order valence-electron chi connectivity index (χ0n) is 14.3. The van der Waals surface area contributed by atoms with Gasteiger partial charge in [0.05, 0.1) is 5.52 Å². The second-order valence-electron chi connectivity index (χ2n) is 6.37. The van der Waals surface area contributed by atoms with E-state index in [2.05, 4.69) is 16.8 Å². The summed E-state index contributed by atoms with van der Waals surface area (Å²) >= 11 is 0. The van der Waals surface area contributed by atoms with Gasteiger partial charge in [-0.2, -0.15) is 5.10 Å². The summed E-state index contributed by atoms with van der Waals surface area (Å²) in [6.45, 7) is 3.99. The fourth-order valence-corrected chi connectivity index (χ4v) is 3.18. The molecule has 0 saturated heterocycles. The lowest BCUT2D eigenvalue weighted by atomic mass is 9.98. The van der Waals surface area contributed by atoms with Gasteiger partial charge in [0.15, 0.2) is 0 Å². The van der Waals surface area contributed by atoms with Crippen LogP contribution in [0, 0.1) is 17.5 Å². The molecule has 0 aliphatic carbocycles. The molecule has 0 aliphatic heterocycles. The highest BCUT2D eigenvalue weighted by Crippen LogP contribution is 2.29. The predicted molar refractivity (Wildman–Crippen MR) is 99.8 cm³/mol. The molecule has 1 N–H and O–H groups in total. The first-order valence-corrected chi connectivity index (χ1v) is 8.37. The smallest absolute Gasteiger partial charge is 0.131 e. The monoisotopic (exact) mass is 364 g/mol. The Hall–Kier alpha value is -3.34. The SMILES string of the molecule is C=C(c1ccccc1F)c1n[nH]c2ccc(Cc3cc(F)cc(F)c3)cc12. The number of benzene rings is 3. The maximum atomic E-state index is 14.1. The summed E-state index contributed by atoms with van der Waals surface area (Å²) in [5, 5.41) is 7.97. The van der Waals surface area contributed by atoms with Crippen molar-refractivity contribution in [3.63, 3.8) is 0 Å². The Kier molecular flexibility index (Phi) is 4.28. The Balaban J connectivity index is 1.73. The first-order chi connectivity index (χ1) is 13.0. The van der Waals surface area contributed by atoms with Gasteiger partial charge < -0.3 is 0 Å². The van der Waals surface area contributed by atoms with Crippen LogP contribution < -0.4 is 0 Å². The third kappa shape index (κ3) is 3.36.